The summed E-state index contributed by atoms with van der Waals surface area (Å²) in [5.41, 5.74) is 1.21. The van der Waals surface area contributed by atoms with E-state index in [4.69, 9.17) is 0 Å². The molecule has 3 rings (SSSR count). The second-order valence-electron chi connectivity index (χ2n) is 6.70. The molecule has 0 saturated heterocycles. The second kappa shape index (κ2) is 10.4. The van der Waals surface area contributed by atoms with Gasteiger partial charge in [-0.15, -0.1) is 0 Å². The lowest BCUT2D eigenvalue weighted by Crippen LogP contribution is -2.41. The first-order chi connectivity index (χ1) is 14.9. The van der Waals surface area contributed by atoms with Crippen molar-refractivity contribution in [1.82, 2.24) is 5.32 Å². The van der Waals surface area contributed by atoms with Crippen molar-refractivity contribution in [3.63, 3.8) is 0 Å². The number of hydrogen-bond donors (Lipinski definition) is 3. The Morgan fingerprint density at radius 2 is 1.68 bits per heavy atom. The number of carbonyl (C=O) groups is 3. The summed E-state index contributed by atoms with van der Waals surface area (Å²) < 4.78 is 0. The smallest absolute Gasteiger partial charge is 0.326 e. The van der Waals surface area contributed by atoms with Crippen LogP contribution in [-0.2, 0) is 14.4 Å². The first kappa shape index (κ1) is 22.7. The second-order valence-corrected chi connectivity index (χ2v) is 8.66. The van der Waals surface area contributed by atoms with Crippen LogP contribution in [0.15, 0.2) is 71.3 Å². The van der Waals surface area contributed by atoms with Gasteiger partial charge >= 0.3 is 5.97 Å². The third kappa shape index (κ3) is 5.21. The minimum absolute atomic E-state index is 0.0674. The molecule has 1 heterocycles. The predicted molar refractivity (Wildman–Crippen MR) is 125 cm³/mol. The molecule has 31 heavy (non-hydrogen) atoms. The molecule has 6 nitrogen and oxygen atoms in total. The molecule has 0 aliphatic carbocycles. The molecule has 0 fully saturated rings. The summed E-state index contributed by atoms with van der Waals surface area (Å²) in [6, 6.07) is 16.2. The number of amides is 1. The van der Waals surface area contributed by atoms with Gasteiger partial charge in [0.15, 0.2) is 0 Å². The molecular formula is C23H21NO5S2. The Labute approximate surface area is 188 Å². The van der Waals surface area contributed by atoms with E-state index in [0.717, 1.165) is 11.8 Å². The van der Waals surface area contributed by atoms with Gasteiger partial charge in [-0.3, -0.25) is 9.59 Å². The Balaban J connectivity index is 2.09. The van der Waals surface area contributed by atoms with Crippen molar-refractivity contribution in [3.05, 3.63) is 82.5 Å². The maximum absolute atomic E-state index is 13.2. The van der Waals surface area contributed by atoms with Gasteiger partial charge in [-0.05, 0) is 41.3 Å². The lowest BCUT2D eigenvalue weighted by atomic mass is 10.0. The number of carboxylic acid groups (broad SMARTS) is 1. The Morgan fingerprint density at radius 3 is 2.26 bits per heavy atom. The largest absolute Gasteiger partial charge is 0.506 e. The summed E-state index contributed by atoms with van der Waals surface area (Å²) >= 11 is 2.25. The maximum atomic E-state index is 13.2. The van der Waals surface area contributed by atoms with Gasteiger partial charge in [0.25, 0.3) is 5.91 Å². The van der Waals surface area contributed by atoms with Crippen LogP contribution in [0.3, 0.4) is 0 Å². The van der Waals surface area contributed by atoms with Crippen LogP contribution in [0.1, 0.15) is 17.5 Å². The number of aliphatic hydroxyl groups is 1. The minimum atomic E-state index is -1.14. The van der Waals surface area contributed by atoms with E-state index < -0.39 is 17.9 Å². The molecule has 8 heteroatoms. The van der Waals surface area contributed by atoms with Crippen LogP contribution < -0.4 is 5.32 Å². The average molecular weight is 456 g/mol. The first-order valence-electron chi connectivity index (χ1n) is 9.47. The molecule has 2 aromatic rings. The number of benzene rings is 2. The topological polar surface area (TPSA) is 104 Å². The molecule has 2 aromatic carbocycles. The highest BCUT2D eigenvalue weighted by Gasteiger charge is 2.35. The predicted octanol–water partition coefficient (Wildman–Crippen LogP) is 3.96. The molecule has 1 unspecified atom stereocenters. The number of aliphatic hydroxyl groups excluding tert-OH is 1. The van der Waals surface area contributed by atoms with Gasteiger partial charge in [0.1, 0.15) is 11.8 Å². The molecule has 160 valence electrons. The summed E-state index contributed by atoms with van der Waals surface area (Å²) in [4.78, 5) is 37.6. The molecular weight excluding hydrogens is 434 g/mol. The van der Waals surface area contributed by atoms with Crippen molar-refractivity contribution in [2.24, 2.45) is 0 Å². The third-order valence-electron chi connectivity index (χ3n) is 4.64. The van der Waals surface area contributed by atoms with Crippen LogP contribution >= 0.6 is 23.5 Å². The number of carboxylic acids is 1. The summed E-state index contributed by atoms with van der Waals surface area (Å²) in [6.07, 6.45) is 2.11. The van der Waals surface area contributed by atoms with E-state index in [1.165, 1.54) is 11.8 Å². The van der Waals surface area contributed by atoms with Gasteiger partial charge in [0.2, 0.25) is 5.12 Å². The number of rotatable bonds is 8. The molecule has 0 aromatic heterocycles. The van der Waals surface area contributed by atoms with Gasteiger partial charge in [0.05, 0.1) is 16.1 Å². The first-order valence-corrected chi connectivity index (χ1v) is 11.7. The standard InChI is InChI=1S/C23H21NO5S2/c1-30-13-12-16(22(27)28)24-21(26)18(15-10-6-3-7-11-15)20-19(25)17(23(29)31-20)14-8-4-2-5-9-14/h2-11,16,25H,12-13H2,1H3,(H,24,26)(H,27,28)/b20-18+. The number of hydrogen-bond acceptors (Lipinski definition) is 6. The van der Waals surface area contributed by atoms with Crippen molar-refractivity contribution >= 4 is 51.7 Å². The van der Waals surface area contributed by atoms with Gasteiger partial charge in [-0.1, -0.05) is 60.7 Å². The highest BCUT2D eigenvalue weighted by molar-refractivity contribution is 8.19. The summed E-state index contributed by atoms with van der Waals surface area (Å²) in [7, 11) is 0. The quantitative estimate of drug-likeness (QED) is 0.518. The van der Waals surface area contributed by atoms with Gasteiger partial charge in [-0.25, -0.2) is 4.79 Å². The molecule has 1 atom stereocenters. The maximum Gasteiger partial charge on any atom is 0.326 e. The third-order valence-corrected chi connectivity index (χ3v) is 6.28. The number of carbonyl (C=O) groups excluding carboxylic acids is 2. The fourth-order valence-corrected chi connectivity index (χ4v) is 4.61. The van der Waals surface area contributed by atoms with Crippen LogP contribution in [0, 0.1) is 0 Å². The van der Waals surface area contributed by atoms with E-state index >= 15 is 0 Å². The highest BCUT2D eigenvalue weighted by atomic mass is 32.2. The van der Waals surface area contributed by atoms with Crippen molar-refractivity contribution in [1.29, 1.82) is 0 Å². The average Bonchev–Trinajstić information content (AvgIpc) is 3.06. The fraction of sp³-hybridized carbons (Fsp3) is 0.174. The summed E-state index contributed by atoms with van der Waals surface area (Å²) in [5, 5.41) is 22.6. The molecule has 1 aliphatic heterocycles. The Hall–Kier alpha value is -2.97. The van der Waals surface area contributed by atoms with E-state index in [0.29, 0.717) is 16.9 Å². The number of nitrogens with one attached hydrogen (secondary N) is 1. The van der Waals surface area contributed by atoms with Crippen molar-refractivity contribution in [2.75, 3.05) is 12.0 Å². The van der Waals surface area contributed by atoms with Crippen molar-refractivity contribution in [3.8, 4) is 0 Å². The number of thioether (sulfide) groups is 2. The zero-order chi connectivity index (χ0) is 22.4. The lowest BCUT2D eigenvalue weighted by Gasteiger charge is -2.17. The zero-order valence-electron chi connectivity index (χ0n) is 16.7. The molecule has 0 saturated carbocycles. The van der Waals surface area contributed by atoms with E-state index in [9.17, 15) is 24.6 Å². The van der Waals surface area contributed by atoms with Crippen LogP contribution in [0.4, 0.5) is 0 Å². The van der Waals surface area contributed by atoms with Crippen molar-refractivity contribution in [2.45, 2.75) is 12.5 Å². The Bertz CT molecular complexity index is 1050. The molecule has 0 radical (unpaired) electrons. The summed E-state index contributed by atoms with van der Waals surface area (Å²) in [6.45, 7) is 0. The molecule has 1 aliphatic rings. The molecule has 0 spiro atoms. The van der Waals surface area contributed by atoms with Crippen molar-refractivity contribution < 1.29 is 24.6 Å². The normalized spacial score (nSPS) is 16.2. The zero-order valence-corrected chi connectivity index (χ0v) is 18.3. The fourth-order valence-electron chi connectivity index (χ4n) is 3.12. The SMILES string of the molecule is CSCCC(NC(=O)/C(=C1/SC(=O)C(c2ccccc2)=C1O)c1ccccc1)C(=O)O. The molecule has 1 amide bonds. The Morgan fingerprint density at radius 1 is 1.06 bits per heavy atom. The lowest BCUT2D eigenvalue weighted by molar-refractivity contribution is -0.141. The van der Waals surface area contributed by atoms with E-state index in [1.807, 2.05) is 6.26 Å². The van der Waals surface area contributed by atoms with E-state index in [2.05, 4.69) is 5.32 Å². The molecule has 0 bridgehead atoms. The molecule has 3 N–H and O–H groups in total. The van der Waals surface area contributed by atoms with Crippen LogP contribution in [0.25, 0.3) is 11.1 Å². The minimum Gasteiger partial charge on any atom is -0.506 e. The van der Waals surface area contributed by atoms with Crippen LogP contribution in [-0.4, -0.2) is 45.3 Å². The van der Waals surface area contributed by atoms with Gasteiger partial charge in [-0.2, -0.15) is 11.8 Å². The van der Waals surface area contributed by atoms with E-state index in [1.54, 1.807) is 60.7 Å². The van der Waals surface area contributed by atoms with Gasteiger partial charge < -0.3 is 15.5 Å². The highest BCUT2D eigenvalue weighted by Crippen LogP contribution is 2.44. The van der Waals surface area contributed by atoms with E-state index in [-0.39, 0.29) is 33.3 Å². The Kier molecular flexibility index (Phi) is 7.59. The van der Waals surface area contributed by atoms with Gasteiger partial charge in [0, 0.05) is 0 Å². The summed E-state index contributed by atoms with van der Waals surface area (Å²) in [5.74, 6) is -1.52. The monoisotopic (exact) mass is 455 g/mol. The van der Waals surface area contributed by atoms with Crippen LogP contribution in [0.2, 0.25) is 0 Å². The number of aliphatic carboxylic acids is 1. The van der Waals surface area contributed by atoms with Crippen LogP contribution in [0.5, 0.6) is 0 Å².